The van der Waals surface area contributed by atoms with Gasteiger partial charge in [-0.05, 0) is 59.8 Å². The highest BCUT2D eigenvalue weighted by Gasteiger charge is 2.35. The number of amides is 2. The Hall–Kier alpha value is -2.64. The van der Waals surface area contributed by atoms with Crippen LogP contribution in [0.15, 0.2) is 74.5 Å². The molecule has 0 aliphatic carbocycles. The van der Waals surface area contributed by atoms with Crippen LogP contribution < -0.4 is 0 Å². The van der Waals surface area contributed by atoms with Crippen molar-refractivity contribution in [2.45, 2.75) is 6.54 Å². The molecule has 2 amide bonds. The molecule has 4 rings (SSSR count). The fourth-order valence-corrected chi connectivity index (χ4v) is 3.99. The van der Waals surface area contributed by atoms with E-state index in [2.05, 4.69) is 15.9 Å². The summed E-state index contributed by atoms with van der Waals surface area (Å²) in [7, 11) is 0. The van der Waals surface area contributed by atoms with E-state index in [1.165, 1.54) is 17.0 Å². The average Bonchev–Trinajstić information content (AvgIpc) is 3.24. The molecule has 1 aliphatic heterocycles. The van der Waals surface area contributed by atoms with Gasteiger partial charge in [0.25, 0.3) is 11.1 Å². The van der Waals surface area contributed by atoms with Crippen molar-refractivity contribution in [3.05, 3.63) is 87.2 Å². The number of halogens is 2. The van der Waals surface area contributed by atoms with Gasteiger partial charge in [-0.3, -0.25) is 14.5 Å². The van der Waals surface area contributed by atoms with Crippen LogP contribution in [0.2, 0.25) is 0 Å². The van der Waals surface area contributed by atoms with E-state index in [1.807, 2.05) is 24.3 Å². The summed E-state index contributed by atoms with van der Waals surface area (Å²) in [6, 6.07) is 16.8. The standard InChI is InChI=1S/C21H13BrFNO3S/c22-17-4-2-1-3-14(17)12-24-20(25)19(28-21(24)26)11-16-9-10-18(27-16)13-5-7-15(23)8-6-13/h1-11H,12H2/b19-11-. The van der Waals surface area contributed by atoms with Crippen molar-refractivity contribution in [2.24, 2.45) is 0 Å². The van der Waals surface area contributed by atoms with E-state index in [1.54, 1.807) is 30.3 Å². The highest BCUT2D eigenvalue weighted by molar-refractivity contribution is 9.10. The molecule has 7 heteroatoms. The molecular weight excluding hydrogens is 445 g/mol. The van der Waals surface area contributed by atoms with Gasteiger partial charge in [0.15, 0.2) is 0 Å². The molecule has 0 unspecified atom stereocenters. The summed E-state index contributed by atoms with van der Waals surface area (Å²) < 4.78 is 19.6. The predicted molar refractivity (Wildman–Crippen MR) is 110 cm³/mol. The lowest BCUT2D eigenvalue weighted by molar-refractivity contribution is -0.123. The molecule has 0 spiro atoms. The van der Waals surface area contributed by atoms with Gasteiger partial charge in [-0.2, -0.15) is 0 Å². The van der Waals surface area contributed by atoms with Crippen molar-refractivity contribution in [1.29, 1.82) is 0 Å². The van der Waals surface area contributed by atoms with Gasteiger partial charge < -0.3 is 4.42 Å². The van der Waals surface area contributed by atoms with E-state index in [0.29, 0.717) is 16.4 Å². The highest BCUT2D eigenvalue weighted by atomic mass is 79.9. The van der Waals surface area contributed by atoms with Crippen molar-refractivity contribution in [3.8, 4) is 11.3 Å². The van der Waals surface area contributed by atoms with Gasteiger partial charge in [-0.25, -0.2) is 4.39 Å². The van der Waals surface area contributed by atoms with Crippen LogP contribution in [-0.4, -0.2) is 16.0 Å². The maximum Gasteiger partial charge on any atom is 0.293 e. The number of rotatable bonds is 4. The number of carbonyl (C=O) groups excluding carboxylic acids is 2. The molecule has 140 valence electrons. The summed E-state index contributed by atoms with van der Waals surface area (Å²) in [5.74, 6) is 0.323. The third-order valence-corrected chi connectivity index (χ3v) is 5.87. The summed E-state index contributed by atoms with van der Waals surface area (Å²) in [5, 5.41) is -0.322. The predicted octanol–water partition coefficient (Wildman–Crippen LogP) is 6.08. The number of nitrogens with zero attached hydrogens (tertiary/aromatic N) is 1. The Kier molecular flexibility index (Phi) is 5.19. The van der Waals surface area contributed by atoms with Gasteiger partial charge >= 0.3 is 0 Å². The molecule has 2 heterocycles. The third kappa shape index (κ3) is 3.81. The lowest BCUT2D eigenvalue weighted by Gasteiger charge is -2.13. The van der Waals surface area contributed by atoms with Crippen LogP contribution >= 0.6 is 27.7 Å². The second-order valence-corrected chi connectivity index (χ2v) is 7.92. The van der Waals surface area contributed by atoms with Gasteiger partial charge in [0.1, 0.15) is 17.3 Å². The summed E-state index contributed by atoms with van der Waals surface area (Å²) in [5.41, 5.74) is 1.57. The Labute approximate surface area is 173 Å². The second-order valence-electron chi connectivity index (χ2n) is 6.07. The first-order valence-electron chi connectivity index (χ1n) is 8.36. The Morgan fingerprint density at radius 2 is 1.79 bits per heavy atom. The Bertz CT molecular complexity index is 1090. The largest absolute Gasteiger partial charge is 0.457 e. The molecule has 1 saturated heterocycles. The summed E-state index contributed by atoms with van der Waals surface area (Å²) in [6.45, 7) is 0.197. The minimum Gasteiger partial charge on any atom is -0.457 e. The van der Waals surface area contributed by atoms with E-state index >= 15 is 0 Å². The number of furan rings is 1. The van der Waals surface area contributed by atoms with Crippen LogP contribution in [0, 0.1) is 5.82 Å². The topological polar surface area (TPSA) is 50.5 Å². The van der Waals surface area contributed by atoms with Crippen molar-refractivity contribution in [3.63, 3.8) is 0 Å². The molecule has 1 aliphatic rings. The smallest absolute Gasteiger partial charge is 0.293 e. The van der Waals surface area contributed by atoms with Crippen molar-refractivity contribution < 1.29 is 18.4 Å². The molecule has 0 N–H and O–H groups in total. The number of imide groups is 1. The molecular formula is C21H13BrFNO3S. The monoisotopic (exact) mass is 457 g/mol. The van der Waals surface area contributed by atoms with Gasteiger partial charge in [0, 0.05) is 16.1 Å². The minimum atomic E-state index is -0.356. The van der Waals surface area contributed by atoms with Crippen LogP contribution in [0.4, 0.5) is 9.18 Å². The fraction of sp³-hybridized carbons (Fsp3) is 0.0476. The van der Waals surface area contributed by atoms with E-state index < -0.39 is 0 Å². The van der Waals surface area contributed by atoms with E-state index in [4.69, 9.17) is 4.42 Å². The number of benzene rings is 2. The quantitative estimate of drug-likeness (QED) is 0.445. The second kappa shape index (κ2) is 7.77. The number of thioether (sulfide) groups is 1. The molecule has 0 saturated carbocycles. The molecule has 0 atom stereocenters. The zero-order chi connectivity index (χ0) is 19.7. The van der Waals surface area contributed by atoms with Crippen LogP contribution in [-0.2, 0) is 11.3 Å². The average molecular weight is 458 g/mol. The van der Waals surface area contributed by atoms with E-state index in [0.717, 1.165) is 27.4 Å². The van der Waals surface area contributed by atoms with Crippen molar-refractivity contribution in [1.82, 2.24) is 4.90 Å². The van der Waals surface area contributed by atoms with Gasteiger partial charge in [-0.15, -0.1) is 0 Å². The molecule has 0 radical (unpaired) electrons. The molecule has 1 aromatic heterocycles. The Morgan fingerprint density at radius 3 is 2.54 bits per heavy atom. The molecule has 28 heavy (non-hydrogen) atoms. The van der Waals surface area contributed by atoms with Gasteiger partial charge in [-0.1, -0.05) is 34.1 Å². The maximum atomic E-state index is 13.1. The highest BCUT2D eigenvalue weighted by Crippen LogP contribution is 2.35. The molecule has 1 fully saturated rings. The Balaban J connectivity index is 1.54. The summed E-state index contributed by atoms with van der Waals surface area (Å²) >= 11 is 4.31. The lowest BCUT2D eigenvalue weighted by atomic mass is 10.2. The SMILES string of the molecule is O=C1S/C(=C\c2ccc(-c3ccc(F)cc3)o2)C(=O)N1Cc1ccccc1Br. The third-order valence-electron chi connectivity index (χ3n) is 4.19. The minimum absolute atomic E-state index is 0.197. The summed E-state index contributed by atoms with van der Waals surface area (Å²) in [4.78, 5) is 26.5. The van der Waals surface area contributed by atoms with Crippen LogP contribution in [0.5, 0.6) is 0 Å². The molecule has 3 aromatic rings. The number of hydrogen-bond acceptors (Lipinski definition) is 4. The molecule has 0 bridgehead atoms. The van der Waals surface area contributed by atoms with E-state index in [9.17, 15) is 14.0 Å². The first-order chi connectivity index (χ1) is 13.5. The zero-order valence-corrected chi connectivity index (χ0v) is 16.8. The first-order valence-corrected chi connectivity index (χ1v) is 9.97. The van der Waals surface area contributed by atoms with Crippen molar-refractivity contribution in [2.75, 3.05) is 0 Å². The van der Waals surface area contributed by atoms with Crippen LogP contribution in [0.1, 0.15) is 11.3 Å². The first kappa shape index (κ1) is 18.7. The van der Waals surface area contributed by atoms with Gasteiger partial charge in [0.2, 0.25) is 0 Å². The Morgan fingerprint density at radius 1 is 1.04 bits per heavy atom. The normalized spacial score (nSPS) is 15.6. The number of carbonyl (C=O) groups is 2. The fourth-order valence-electron chi connectivity index (χ4n) is 2.76. The lowest BCUT2D eigenvalue weighted by Crippen LogP contribution is -2.27. The summed E-state index contributed by atoms with van der Waals surface area (Å²) in [6.07, 6.45) is 1.55. The van der Waals surface area contributed by atoms with E-state index in [-0.39, 0.29) is 23.5 Å². The van der Waals surface area contributed by atoms with Crippen molar-refractivity contribution >= 4 is 44.9 Å². The molecule has 2 aromatic carbocycles. The van der Waals surface area contributed by atoms with Crippen LogP contribution in [0.3, 0.4) is 0 Å². The molecule has 4 nitrogen and oxygen atoms in total. The zero-order valence-electron chi connectivity index (χ0n) is 14.4. The maximum absolute atomic E-state index is 13.1. The van der Waals surface area contributed by atoms with Crippen LogP contribution in [0.25, 0.3) is 17.4 Å². The number of hydrogen-bond donors (Lipinski definition) is 0. The van der Waals surface area contributed by atoms with Gasteiger partial charge in [0.05, 0.1) is 11.4 Å².